The van der Waals surface area contributed by atoms with Crippen LogP contribution in [0.3, 0.4) is 0 Å². The molecule has 1 aliphatic heterocycles. The summed E-state index contributed by atoms with van der Waals surface area (Å²) in [4.78, 5) is 2.31. The lowest BCUT2D eigenvalue weighted by atomic mass is 10.1. The minimum Gasteiger partial charge on any atom is -0.362 e. The second kappa shape index (κ2) is 4.18. The molecule has 3 rings (SSSR count). The lowest BCUT2D eigenvalue weighted by Gasteiger charge is -2.30. The Hall–Kier alpha value is -1.88. The van der Waals surface area contributed by atoms with Crippen molar-refractivity contribution in [3.05, 3.63) is 42.0 Å². The number of anilines is 1. The molecular formula is C12H15N5. The molecule has 0 aliphatic carbocycles. The third kappa shape index (κ3) is 1.78. The Balaban J connectivity index is 1.91. The van der Waals surface area contributed by atoms with Gasteiger partial charge in [-0.2, -0.15) is 0 Å². The third-order valence-electron chi connectivity index (χ3n) is 3.19. The van der Waals surface area contributed by atoms with Crippen LogP contribution in [0.25, 0.3) is 0 Å². The Kier molecular flexibility index (Phi) is 2.53. The van der Waals surface area contributed by atoms with E-state index in [2.05, 4.69) is 31.8 Å². The summed E-state index contributed by atoms with van der Waals surface area (Å²) < 4.78 is 2.10. The van der Waals surface area contributed by atoms with Crippen molar-refractivity contribution in [3.8, 4) is 0 Å². The number of rotatable bonds is 2. The van der Waals surface area contributed by atoms with Crippen molar-refractivity contribution < 1.29 is 0 Å². The molecule has 2 aromatic rings. The highest BCUT2D eigenvalue weighted by atomic mass is 15.3. The van der Waals surface area contributed by atoms with E-state index in [1.165, 1.54) is 11.3 Å². The minimum atomic E-state index is 0.569. The zero-order chi connectivity index (χ0) is 11.7. The number of benzene rings is 1. The van der Waals surface area contributed by atoms with Crippen molar-refractivity contribution in [2.75, 3.05) is 11.4 Å². The number of nitrogens with zero attached hydrogens (tertiary/aromatic N) is 4. The van der Waals surface area contributed by atoms with Crippen molar-refractivity contribution in [2.45, 2.75) is 19.6 Å². The maximum atomic E-state index is 5.77. The first-order valence-electron chi connectivity index (χ1n) is 5.78. The van der Waals surface area contributed by atoms with E-state index in [4.69, 9.17) is 5.73 Å². The highest BCUT2D eigenvalue weighted by Gasteiger charge is 2.18. The van der Waals surface area contributed by atoms with E-state index in [1.54, 1.807) is 6.33 Å². The predicted molar refractivity (Wildman–Crippen MR) is 65.4 cm³/mol. The minimum absolute atomic E-state index is 0.569. The monoisotopic (exact) mass is 229 g/mol. The summed E-state index contributed by atoms with van der Waals surface area (Å²) in [6.07, 6.45) is 1.79. The Morgan fingerprint density at radius 2 is 2.12 bits per heavy atom. The molecule has 0 atom stereocenters. The second-order valence-electron chi connectivity index (χ2n) is 4.19. The first-order chi connectivity index (χ1) is 8.38. The molecule has 17 heavy (non-hydrogen) atoms. The van der Waals surface area contributed by atoms with Crippen LogP contribution in [-0.4, -0.2) is 21.3 Å². The van der Waals surface area contributed by atoms with Crippen LogP contribution in [-0.2, 0) is 19.6 Å². The van der Waals surface area contributed by atoms with Gasteiger partial charge in [0.05, 0.1) is 6.54 Å². The van der Waals surface area contributed by atoms with Crippen molar-refractivity contribution >= 4 is 5.69 Å². The van der Waals surface area contributed by atoms with Gasteiger partial charge in [0, 0.05) is 25.3 Å². The average molecular weight is 229 g/mol. The van der Waals surface area contributed by atoms with E-state index in [9.17, 15) is 0 Å². The quantitative estimate of drug-likeness (QED) is 0.825. The molecule has 0 spiro atoms. The molecule has 1 aliphatic rings. The SMILES string of the molecule is NCc1ccccc1N1CCn2cnnc2C1. The summed E-state index contributed by atoms with van der Waals surface area (Å²) in [7, 11) is 0. The number of hydrogen-bond donors (Lipinski definition) is 1. The number of fused-ring (bicyclic) bond motifs is 1. The number of para-hydroxylation sites is 1. The molecular weight excluding hydrogens is 214 g/mol. The Morgan fingerprint density at radius 3 is 3.00 bits per heavy atom. The van der Waals surface area contributed by atoms with Gasteiger partial charge in [-0.1, -0.05) is 18.2 Å². The second-order valence-corrected chi connectivity index (χ2v) is 4.19. The smallest absolute Gasteiger partial charge is 0.152 e. The maximum absolute atomic E-state index is 5.77. The molecule has 0 unspecified atom stereocenters. The van der Waals surface area contributed by atoms with Crippen molar-refractivity contribution in [1.29, 1.82) is 0 Å². The summed E-state index contributed by atoms with van der Waals surface area (Å²) in [6.45, 7) is 3.28. The molecule has 2 N–H and O–H groups in total. The normalized spacial score (nSPS) is 14.8. The molecule has 1 aromatic carbocycles. The molecule has 0 radical (unpaired) electrons. The lowest BCUT2D eigenvalue weighted by Crippen LogP contribution is -2.34. The first-order valence-corrected chi connectivity index (χ1v) is 5.78. The summed E-state index contributed by atoms with van der Waals surface area (Å²) in [5.41, 5.74) is 8.17. The summed E-state index contributed by atoms with van der Waals surface area (Å²) in [5.74, 6) is 1.02. The van der Waals surface area contributed by atoms with Crippen LogP contribution >= 0.6 is 0 Å². The molecule has 5 nitrogen and oxygen atoms in total. The fourth-order valence-electron chi connectivity index (χ4n) is 2.26. The largest absolute Gasteiger partial charge is 0.362 e. The average Bonchev–Trinajstić information content (AvgIpc) is 2.85. The van der Waals surface area contributed by atoms with E-state index in [-0.39, 0.29) is 0 Å². The van der Waals surface area contributed by atoms with Gasteiger partial charge in [0.15, 0.2) is 5.82 Å². The number of aromatic nitrogens is 3. The van der Waals surface area contributed by atoms with Gasteiger partial charge in [-0.15, -0.1) is 10.2 Å². The molecule has 88 valence electrons. The fraction of sp³-hybridized carbons (Fsp3) is 0.333. The fourth-order valence-corrected chi connectivity index (χ4v) is 2.26. The lowest BCUT2D eigenvalue weighted by molar-refractivity contribution is 0.559. The van der Waals surface area contributed by atoms with Crippen LogP contribution in [0, 0.1) is 0 Å². The van der Waals surface area contributed by atoms with Crippen molar-refractivity contribution in [1.82, 2.24) is 14.8 Å². The van der Waals surface area contributed by atoms with Crippen LogP contribution in [0.1, 0.15) is 11.4 Å². The summed E-state index contributed by atoms with van der Waals surface area (Å²) in [6, 6.07) is 8.27. The van der Waals surface area contributed by atoms with Gasteiger partial charge in [-0.05, 0) is 11.6 Å². The van der Waals surface area contributed by atoms with Crippen LogP contribution < -0.4 is 10.6 Å². The van der Waals surface area contributed by atoms with Gasteiger partial charge in [-0.25, -0.2) is 0 Å². The van der Waals surface area contributed by atoms with Gasteiger partial charge in [0.2, 0.25) is 0 Å². The Labute approximate surface area is 99.9 Å². The van der Waals surface area contributed by atoms with Gasteiger partial charge >= 0.3 is 0 Å². The molecule has 2 heterocycles. The van der Waals surface area contributed by atoms with Crippen LogP contribution in [0.5, 0.6) is 0 Å². The number of nitrogens with two attached hydrogens (primary N) is 1. The standard InChI is InChI=1S/C12H15N5/c13-7-10-3-1-2-4-11(10)16-5-6-17-9-14-15-12(17)8-16/h1-4,9H,5-8,13H2. The van der Waals surface area contributed by atoms with E-state index >= 15 is 0 Å². The van der Waals surface area contributed by atoms with Crippen LogP contribution in [0.15, 0.2) is 30.6 Å². The zero-order valence-corrected chi connectivity index (χ0v) is 9.58. The molecule has 0 fully saturated rings. The van der Waals surface area contributed by atoms with E-state index in [1.807, 2.05) is 12.1 Å². The molecule has 0 saturated carbocycles. The van der Waals surface area contributed by atoms with Gasteiger partial charge in [-0.3, -0.25) is 0 Å². The van der Waals surface area contributed by atoms with Crippen molar-refractivity contribution in [2.24, 2.45) is 5.73 Å². The van der Waals surface area contributed by atoms with E-state index in [0.29, 0.717) is 6.54 Å². The summed E-state index contributed by atoms with van der Waals surface area (Å²) >= 11 is 0. The van der Waals surface area contributed by atoms with Crippen LogP contribution in [0.2, 0.25) is 0 Å². The Morgan fingerprint density at radius 1 is 1.24 bits per heavy atom. The predicted octanol–water partition coefficient (Wildman–Crippen LogP) is 0.757. The van der Waals surface area contributed by atoms with Crippen LogP contribution in [0.4, 0.5) is 5.69 Å². The first kappa shape index (κ1) is 10.3. The summed E-state index contributed by atoms with van der Waals surface area (Å²) in [5, 5.41) is 8.06. The third-order valence-corrected chi connectivity index (χ3v) is 3.19. The van der Waals surface area contributed by atoms with Gasteiger partial charge in [0.25, 0.3) is 0 Å². The number of hydrogen-bond acceptors (Lipinski definition) is 4. The molecule has 5 heteroatoms. The maximum Gasteiger partial charge on any atom is 0.152 e. The molecule has 0 amide bonds. The van der Waals surface area contributed by atoms with Crippen molar-refractivity contribution in [3.63, 3.8) is 0 Å². The zero-order valence-electron chi connectivity index (χ0n) is 9.58. The van der Waals surface area contributed by atoms with Gasteiger partial charge < -0.3 is 15.2 Å². The topological polar surface area (TPSA) is 60.0 Å². The molecule has 0 saturated heterocycles. The van der Waals surface area contributed by atoms with E-state index in [0.717, 1.165) is 25.5 Å². The highest BCUT2D eigenvalue weighted by molar-refractivity contribution is 5.53. The highest BCUT2D eigenvalue weighted by Crippen LogP contribution is 2.23. The molecule has 0 bridgehead atoms. The van der Waals surface area contributed by atoms with E-state index < -0.39 is 0 Å². The van der Waals surface area contributed by atoms with Gasteiger partial charge in [0.1, 0.15) is 6.33 Å². The Bertz CT molecular complexity index is 519. The molecule has 1 aromatic heterocycles.